The lowest BCUT2D eigenvalue weighted by atomic mass is 9.97. The van der Waals surface area contributed by atoms with E-state index in [1.165, 1.54) is 0 Å². The molecule has 0 unspecified atom stereocenters. The number of likely N-dealkylation sites (tertiary alicyclic amines) is 1. The van der Waals surface area contributed by atoms with E-state index >= 15 is 0 Å². The number of rotatable bonds is 8. The molecule has 1 aliphatic rings. The molecular weight excluding hydrogens is 401 g/mol. The summed E-state index contributed by atoms with van der Waals surface area (Å²) in [4.78, 5) is 23.7. The monoisotopic (exact) mass is 438 g/mol. The predicted molar refractivity (Wildman–Crippen MR) is 128 cm³/mol. The molecule has 1 fully saturated rings. The van der Waals surface area contributed by atoms with Crippen molar-refractivity contribution in [2.75, 3.05) is 38.5 Å². The zero-order valence-electron chi connectivity index (χ0n) is 20.1. The molecule has 1 aromatic heterocycles. The van der Waals surface area contributed by atoms with Crippen molar-refractivity contribution in [3.8, 4) is 5.75 Å². The maximum Gasteiger partial charge on any atom is 0.256 e. The average molecular weight is 439 g/mol. The van der Waals surface area contributed by atoms with Crippen molar-refractivity contribution in [2.45, 2.75) is 53.1 Å². The van der Waals surface area contributed by atoms with E-state index in [1.54, 1.807) is 6.20 Å². The van der Waals surface area contributed by atoms with Crippen LogP contribution in [0.3, 0.4) is 0 Å². The second-order valence-corrected chi connectivity index (χ2v) is 9.86. The summed E-state index contributed by atoms with van der Waals surface area (Å²) >= 11 is 0. The van der Waals surface area contributed by atoms with E-state index in [2.05, 4.69) is 65.5 Å². The van der Waals surface area contributed by atoms with Crippen molar-refractivity contribution >= 4 is 11.7 Å². The van der Waals surface area contributed by atoms with Gasteiger partial charge >= 0.3 is 0 Å². The van der Waals surface area contributed by atoms with Crippen LogP contribution in [0.5, 0.6) is 5.75 Å². The number of ether oxygens (including phenoxy) is 1. The molecule has 2 aromatic rings. The third-order valence-corrected chi connectivity index (χ3v) is 5.53. The molecule has 174 valence electrons. The van der Waals surface area contributed by atoms with Gasteiger partial charge in [-0.05, 0) is 56.3 Å². The molecule has 0 spiro atoms. The number of nitrogens with one attached hydrogen (secondary N) is 2. The van der Waals surface area contributed by atoms with Crippen LogP contribution in [-0.2, 0) is 6.42 Å². The zero-order valence-corrected chi connectivity index (χ0v) is 20.1. The minimum atomic E-state index is -0.163. The van der Waals surface area contributed by atoms with Gasteiger partial charge in [0, 0.05) is 32.4 Å². The van der Waals surface area contributed by atoms with Crippen LogP contribution in [0.15, 0.2) is 30.5 Å². The van der Waals surface area contributed by atoms with Gasteiger partial charge in [-0.15, -0.1) is 0 Å². The van der Waals surface area contributed by atoms with E-state index in [4.69, 9.17) is 4.74 Å². The van der Waals surface area contributed by atoms with Gasteiger partial charge in [-0.3, -0.25) is 4.79 Å². The van der Waals surface area contributed by atoms with E-state index in [1.807, 2.05) is 19.1 Å². The summed E-state index contributed by atoms with van der Waals surface area (Å²) in [6, 6.07) is 8.19. The molecule has 3 rings (SSSR count). The van der Waals surface area contributed by atoms with Crippen LogP contribution in [0, 0.1) is 12.3 Å². The Kier molecular flexibility index (Phi) is 8.07. The topological polar surface area (TPSA) is 79.4 Å². The molecule has 1 aliphatic heterocycles. The van der Waals surface area contributed by atoms with Gasteiger partial charge in [-0.25, -0.2) is 9.97 Å². The fourth-order valence-electron chi connectivity index (χ4n) is 3.57. The Morgan fingerprint density at radius 1 is 1.19 bits per heavy atom. The second kappa shape index (κ2) is 10.8. The van der Waals surface area contributed by atoms with Crippen molar-refractivity contribution in [1.29, 1.82) is 0 Å². The highest BCUT2D eigenvalue weighted by Crippen LogP contribution is 2.20. The minimum absolute atomic E-state index is 0.0792. The van der Waals surface area contributed by atoms with Crippen LogP contribution in [0.4, 0.5) is 5.82 Å². The Hall–Kier alpha value is -2.67. The number of benzene rings is 1. The Bertz CT molecular complexity index is 884. The predicted octanol–water partition coefficient (Wildman–Crippen LogP) is 3.69. The number of amides is 1. The quantitative estimate of drug-likeness (QED) is 0.654. The van der Waals surface area contributed by atoms with Crippen LogP contribution in [0.2, 0.25) is 0 Å². The van der Waals surface area contributed by atoms with Crippen LogP contribution >= 0.6 is 0 Å². The van der Waals surface area contributed by atoms with Crippen molar-refractivity contribution in [3.63, 3.8) is 0 Å². The highest BCUT2D eigenvalue weighted by molar-refractivity contribution is 5.98. The fourth-order valence-corrected chi connectivity index (χ4v) is 3.57. The SMILES string of the molecule is Cc1ncc(C(=O)NCCc2ccc(OC3CCN([11CH3])CC3)cc2)c(NCC(C)(C)C)n1. The molecule has 0 bridgehead atoms. The maximum absolute atomic E-state index is 12.7. The molecule has 1 amide bonds. The van der Waals surface area contributed by atoms with Gasteiger partial charge in [-0.1, -0.05) is 32.9 Å². The standard InChI is InChI=1S/C25H37N5O2/c1-18-27-16-22(23(29-18)28-17-25(2,3)4)24(31)26-13-10-19-6-8-20(9-7-19)32-21-11-14-30(5)15-12-21/h6-9,16,21H,10-15,17H2,1-5H3,(H,26,31)(H,27,28,29)/i5-1. The van der Waals surface area contributed by atoms with Crippen molar-refractivity contribution in [3.05, 3.63) is 47.4 Å². The summed E-state index contributed by atoms with van der Waals surface area (Å²) in [6.45, 7) is 11.7. The molecule has 0 radical (unpaired) electrons. The fraction of sp³-hybridized carbons (Fsp3) is 0.560. The van der Waals surface area contributed by atoms with Crippen LogP contribution in [0.25, 0.3) is 0 Å². The second-order valence-electron chi connectivity index (χ2n) is 9.86. The number of carbonyl (C=O) groups excluding carboxylic acids is 1. The van der Waals surface area contributed by atoms with Crippen LogP contribution in [0.1, 0.15) is 55.4 Å². The lowest BCUT2D eigenvalue weighted by Crippen LogP contribution is -2.35. The Balaban J connectivity index is 1.49. The number of piperidine rings is 1. The molecule has 0 aliphatic carbocycles. The van der Waals surface area contributed by atoms with Crippen LogP contribution in [-0.4, -0.2) is 60.1 Å². The lowest BCUT2D eigenvalue weighted by molar-refractivity contribution is 0.0954. The molecule has 1 aromatic carbocycles. The largest absolute Gasteiger partial charge is 0.490 e. The van der Waals surface area contributed by atoms with E-state index in [9.17, 15) is 4.79 Å². The molecule has 0 atom stereocenters. The first-order valence-electron chi connectivity index (χ1n) is 11.5. The third-order valence-electron chi connectivity index (χ3n) is 5.53. The average Bonchev–Trinajstić information content (AvgIpc) is 2.74. The maximum atomic E-state index is 12.7. The van der Waals surface area contributed by atoms with E-state index in [0.29, 0.717) is 29.9 Å². The van der Waals surface area contributed by atoms with Crippen LogP contribution < -0.4 is 15.4 Å². The number of hydrogen-bond acceptors (Lipinski definition) is 6. The first-order chi connectivity index (χ1) is 15.2. The molecule has 2 heterocycles. The van der Waals surface area contributed by atoms with Crippen molar-refractivity contribution in [1.82, 2.24) is 20.2 Å². The van der Waals surface area contributed by atoms with Crippen molar-refractivity contribution in [2.24, 2.45) is 5.41 Å². The minimum Gasteiger partial charge on any atom is -0.490 e. The summed E-state index contributed by atoms with van der Waals surface area (Å²) in [6.07, 6.45) is 4.78. The van der Waals surface area contributed by atoms with E-state index < -0.39 is 0 Å². The Morgan fingerprint density at radius 2 is 1.88 bits per heavy atom. The van der Waals surface area contributed by atoms with Gasteiger partial charge in [0.1, 0.15) is 29.1 Å². The number of aryl methyl sites for hydroxylation is 1. The first-order valence-corrected chi connectivity index (χ1v) is 11.5. The highest BCUT2D eigenvalue weighted by atomic mass is 16.5. The normalized spacial score (nSPS) is 15.4. The highest BCUT2D eigenvalue weighted by Gasteiger charge is 2.18. The molecule has 7 heteroatoms. The first kappa shape index (κ1) is 24.0. The number of aromatic nitrogens is 2. The van der Waals surface area contributed by atoms with Gasteiger partial charge < -0.3 is 20.3 Å². The zero-order chi connectivity index (χ0) is 23.1. The van der Waals surface area contributed by atoms with Gasteiger partial charge in [0.15, 0.2) is 0 Å². The number of anilines is 1. The summed E-state index contributed by atoms with van der Waals surface area (Å²) in [5, 5.41) is 6.29. The summed E-state index contributed by atoms with van der Waals surface area (Å²) in [5.41, 5.74) is 1.71. The molecule has 0 saturated carbocycles. The lowest BCUT2D eigenvalue weighted by Gasteiger charge is -2.29. The van der Waals surface area contributed by atoms with E-state index in [0.717, 1.165) is 50.2 Å². The number of nitrogens with zero attached hydrogens (tertiary/aromatic N) is 3. The third kappa shape index (κ3) is 7.48. The van der Waals surface area contributed by atoms with Crippen molar-refractivity contribution < 1.29 is 9.53 Å². The molecule has 2 N–H and O–H groups in total. The van der Waals surface area contributed by atoms with Gasteiger partial charge in [0.2, 0.25) is 0 Å². The van der Waals surface area contributed by atoms with E-state index in [-0.39, 0.29) is 11.3 Å². The molecule has 1 saturated heterocycles. The van der Waals surface area contributed by atoms with Gasteiger partial charge in [0.05, 0.1) is 0 Å². The molecule has 7 nitrogen and oxygen atoms in total. The summed E-state index contributed by atoms with van der Waals surface area (Å²) < 4.78 is 6.11. The van der Waals surface area contributed by atoms with Gasteiger partial charge in [-0.2, -0.15) is 0 Å². The summed E-state index contributed by atoms with van der Waals surface area (Å²) in [5.74, 6) is 1.98. The molecule has 32 heavy (non-hydrogen) atoms. The number of carbonyl (C=O) groups is 1. The summed E-state index contributed by atoms with van der Waals surface area (Å²) in [7, 11) is 2.15. The van der Waals surface area contributed by atoms with Gasteiger partial charge in [0.25, 0.3) is 5.91 Å². The Morgan fingerprint density at radius 3 is 2.53 bits per heavy atom. The smallest absolute Gasteiger partial charge is 0.256 e. The Labute approximate surface area is 192 Å². The number of hydrogen-bond donors (Lipinski definition) is 2. The molecular formula is C25H37N5O2.